The van der Waals surface area contributed by atoms with Crippen LogP contribution in [0, 0.1) is 17.5 Å². The highest BCUT2D eigenvalue weighted by molar-refractivity contribution is 7.89. The zero-order valence-corrected chi connectivity index (χ0v) is 18.6. The summed E-state index contributed by atoms with van der Waals surface area (Å²) in [6.07, 6.45) is 0. The number of benzene rings is 3. The fourth-order valence-electron chi connectivity index (χ4n) is 3.71. The molecule has 3 aromatic rings. The fraction of sp³-hybridized carbons (Fsp3) is 0.167. The van der Waals surface area contributed by atoms with Gasteiger partial charge < -0.3 is 4.90 Å². The van der Waals surface area contributed by atoms with Crippen molar-refractivity contribution in [2.75, 3.05) is 26.2 Å². The Labute approximate surface area is 194 Å². The SMILES string of the molecule is O=C(c1ccc(F)cc1)c1ccccc1C(=O)N1CCN(S(=O)(=O)c2ccc(F)c(F)c2)CC1. The minimum Gasteiger partial charge on any atom is -0.336 e. The highest BCUT2D eigenvalue weighted by Crippen LogP contribution is 2.22. The van der Waals surface area contributed by atoms with E-state index >= 15 is 0 Å². The predicted octanol–water partition coefficient (Wildman–Crippen LogP) is 3.48. The normalized spacial score (nSPS) is 14.7. The molecule has 0 bridgehead atoms. The third-order valence-electron chi connectivity index (χ3n) is 5.56. The predicted molar refractivity (Wildman–Crippen MR) is 117 cm³/mol. The number of piperazine rings is 1. The molecule has 6 nitrogen and oxygen atoms in total. The van der Waals surface area contributed by atoms with Gasteiger partial charge >= 0.3 is 0 Å². The monoisotopic (exact) mass is 488 g/mol. The molecule has 1 fully saturated rings. The molecule has 1 aliphatic rings. The van der Waals surface area contributed by atoms with Crippen LogP contribution in [0.4, 0.5) is 13.2 Å². The van der Waals surface area contributed by atoms with Gasteiger partial charge in [0, 0.05) is 37.3 Å². The Morgan fingerprint density at radius 1 is 0.735 bits per heavy atom. The van der Waals surface area contributed by atoms with E-state index in [0.29, 0.717) is 6.07 Å². The van der Waals surface area contributed by atoms with E-state index in [1.807, 2.05) is 0 Å². The molecule has 0 aliphatic carbocycles. The maximum Gasteiger partial charge on any atom is 0.254 e. The lowest BCUT2D eigenvalue weighted by Gasteiger charge is -2.34. The Bertz CT molecular complexity index is 1350. The molecule has 10 heteroatoms. The summed E-state index contributed by atoms with van der Waals surface area (Å²) >= 11 is 0. The Morgan fingerprint density at radius 2 is 1.35 bits per heavy atom. The van der Waals surface area contributed by atoms with E-state index in [-0.39, 0.29) is 47.8 Å². The highest BCUT2D eigenvalue weighted by atomic mass is 32.2. The van der Waals surface area contributed by atoms with Gasteiger partial charge in [-0.05, 0) is 48.5 Å². The van der Waals surface area contributed by atoms with E-state index in [1.54, 1.807) is 12.1 Å². The van der Waals surface area contributed by atoms with Crippen molar-refractivity contribution in [3.05, 3.63) is 101 Å². The second-order valence-electron chi connectivity index (χ2n) is 7.65. The summed E-state index contributed by atoms with van der Waals surface area (Å²) in [6, 6.07) is 13.6. The van der Waals surface area contributed by atoms with Crippen LogP contribution >= 0.6 is 0 Å². The minimum absolute atomic E-state index is 0.0425. The number of nitrogens with zero attached hydrogens (tertiary/aromatic N) is 2. The first-order valence-corrected chi connectivity index (χ1v) is 11.8. The maximum absolute atomic E-state index is 13.5. The van der Waals surface area contributed by atoms with Crippen molar-refractivity contribution in [3.8, 4) is 0 Å². The van der Waals surface area contributed by atoms with Gasteiger partial charge in [-0.3, -0.25) is 9.59 Å². The Kier molecular flexibility index (Phi) is 6.54. The fourth-order valence-corrected chi connectivity index (χ4v) is 5.15. The Balaban J connectivity index is 1.50. The molecule has 1 amide bonds. The van der Waals surface area contributed by atoms with Crippen LogP contribution in [0.3, 0.4) is 0 Å². The minimum atomic E-state index is -4.07. The van der Waals surface area contributed by atoms with Crippen molar-refractivity contribution in [3.63, 3.8) is 0 Å². The first-order chi connectivity index (χ1) is 16.2. The van der Waals surface area contributed by atoms with Gasteiger partial charge in [0.05, 0.1) is 10.5 Å². The van der Waals surface area contributed by atoms with Crippen LogP contribution in [0.15, 0.2) is 71.6 Å². The number of carbonyl (C=O) groups excluding carboxylic acids is 2. The van der Waals surface area contributed by atoms with E-state index in [1.165, 1.54) is 29.2 Å². The van der Waals surface area contributed by atoms with Gasteiger partial charge in [0.25, 0.3) is 5.91 Å². The Morgan fingerprint density at radius 3 is 1.97 bits per heavy atom. The van der Waals surface area contributed by atoms with E-state index in [9.17, 15) is 31.2 Å². The van der Waals surface area contributed by atoms with Crippen LogP contribution in [0.1, 0.15) is 26.3 Å². The quantitative estimate of drug-likeness (QED) is 0.516. The molecule has 1 aliphatic heterocycles. The van der Waals surface area contributed by atoms with Crippen LogP contribution in [0.25, 0.3) is 0 Å². The van der Waals surface area contributed by atoms with Crippen LogP contribution in [-0.2, 0) is 10.0 Å². The zero-order chi connectivity index (χ0) is 24.5. The standard InChI is InChI=1S/C24H19F3N2O4S/c25-17-7-5-16(6-8-17)23(30)19-3-1-2-4-20(19)24(31)28-11-13-29(14-12-28)34(32,33)18-9-10-21(26)22(27)15-18/h1-10,15H,11-14H2. The highest BCUT2D eigenvalue weighted by Gasteiger charge is 2.32. The van der Waals surface area contributed by atoms with Gasteiger partial charge in [0.2, 0.25) is 10.0 Å². The molecule has 0 aromatic heterocycles. The number of carbonyl (C=O) groups is 2. The third kappa shape index (κ3) is 4.59. The Hall–Kier alpha value is -3.50. The average molecular weight is 488 g/mol. The first kappa shape index (κ1) is 23.7. The summed E-state index contributed by atoms with van der Waals surface area (Å²) in [5, 5.41) is 0. The van der Waals surface area contributed by atoms with Gasteiger partial charge in [0.1, 0.15) is 5.82 Å². The van der Waals surface area contributed by atoms with E-state index < -0.39 is 39.2 Å². The van der Waals surface area contributed by atoms with Crippen LogP contribution in [0.5, 0.6) is 0 Å². The van der Waals surface area contributed by atoms with Crippen molar-refractivity contribution in [1.82, 2.24) is 9.21 Å². The molecule has 0 radical (unpaired) electrons. The van der Waals surface area contributed by atoms with Crippen molar-refractivity contribution in [2.24, 2.45) is 0 Å². The number of hydrogen-bond acceptors (Lipinski definition) is 4. The molecular formula is C24H19F3N2O4S. The van der Waals surface area contributed by atoms with Gasteiger partial charge in [-0.2, -0.15) is 4.31 Å². The molecular weight excluding hydrogens is 469 g/mol. The second kappa shape index (κ2) is 9.40. The largest absolute Gasteiger partial charge is 0.336 e. The van der Waals surface area contributed by atoms with Crippen molar-refractivity contribution in [1.29, 1.82) is 0 Å². The lowest BCUT2D eigenvalue weighted by atomic mass is 9.97. The molecule has 0 unspecified atom stereocenters. The molecule has 0 atom stereocenters. The molecule has 4 rings (SSSR count). The summed E-state index contributed by atoms with van der Waals surface area (Å²) in [6.45, 7) is -0.0239. The van der Waals surface area contributed by atoms with Gasteiger partial charge in [-0.15, -0.1) is 0 Å². The number of hydrogen-bond donors (Lipinski definition) is 0. The smallest absolute Gasteiger partial charge is 0.254 e. The van der Waals surface area contributed by atoms with Crippen molar-refractivity contribution >= 4 is 21.7 Å². The average Bonchev–Trinajstić information content (AvgIpc) is 2.85. The molecule has 34 heavy (non-hydrogen) atoms. The van der Waals surface area contributed by atoms with Gasteiger partial charge in [-0.25, -0.2) is 21.6 Å². The van der Waals surface area contributed by atoms with Gasteiger partial charge in [-0.1, -0.05) is 18.2 Å². The molecule has 0 saturated carbocycles. The number of rotatable bonds is 5. The van der Waals surface area contributed by atoms with Crippen LogP contribution in [0.2, 0.25) is 0 Å². The van der Waals surface area contributed by atoms with E-state index in [4.69, 9.17) is 0 Å². The third-order valence-corrected chi connectivity index (χ3v) is 7.46. The van der Waals surface area contributed by atoms with E-state index in [2.05, 4.69) is 0 Å². The van der Waals surface area contributed by atoms with Crippen molar-refractivity contribution < 1.29 is 31.2 Å². The van der Waals surface area contributed by atoms with Crippen LogP contribution in [-0.4, -0.2) is 55.5 Å². The summed E-state index contributed by atoms with van der Waals surface area (Å²) in [4.78, 5) is 27.1. The summed E-state index contributed by atoms with van der Waals surface area (Å²) in [5.74, 6) is -3.79. The molecule has 176 valence electrons. The second-order valence-corrected chi connectivity index (χ2v) is 9.59. The topological polar surface area (TPSA) is 74.8 Å². The lowest BCUT2D eigenvalue weighted by molar-refractivity contribution is 0.0694. The number of halogens is 3. The molecule has 0 N–H and O–H groups in total. The summed E-state index contributed by atoms with van der Waals surface area (Å²) in [7, 11) is -4.07. The summed E-state index contributed by atoms with van der Waals surface area (Å²) in [5.41, 5.74) is 0.522. The zero-order valence-electron chi connectivity index (χ0n) is 17.7. The van der Waals surface area contributed by atoms with E-state index in [0.717, 1.165) is 28.6 Å². The first-order valence-electron chi connectivity index (χ1n) is 10.3. The van der Waals surface area contributed by atoms with Crippen LogP contribution < -0.4 is 0 Å². The molecule has 1 heterocycles. The molecule has 0 spiro atoms. The number of ketones is 1. The summed E-state index contributed by atoms with van der Waals surface area (Å²) < 4.78 is 66.6. The molecule has 1 saturated heterocycles. The maximum atomic E-state index is 13.5. The number of sulfonamides is 1. The van der Waals surface area contributed by atoms with Gasteiger partial charge in [0.15, 0.2) is 17.4 Å². The lowest BCUT2D eigenvalue weighted by Crippen LogP contribution is -2.50. The number of amides is 1. The van der Waals surface area contributed by atoms with Crippen molar-refractivity contribution in [2.45, 2.75) is 4.90 Å². The molecule has 3 aromatic carbocycles.